The molecule has 1 aliphatic heterocycles. The third-order valence-corrected chi connectivity index (χ3v) is 7.72. The molecular weight excluding hydrogens is 504 g/mol. The van der Waals surface area contributed by atoms with Crippen molar-refractivity contribution in [1.82, 2.24) is 24.8 Å². The molecule has 4 aromatic rings. The molecule has 2 N–H and O–H groups in total. The topological polar surface area (TPSA) is 75.1 Å². The molecule has 8 heteroatoms. The molecule has 0 spiro atoms. The SMILES string of the molecule is CCc1ccccc1NC(=O)CCN1C(=S)NC(c2ccccn2)C1c1cc(C)n(-c2cc(C)ccn2)c1C. The molecule has 2 unspecified atom stereocenters. The summed E-state index contributed by atoms with van der Waals surface area (Å²) in [5.41, 5.74) is 7.37. The van der Waals surface area contributed by atoms with Crippen LogP contribution in [0.3, 0.4) is 0 Å². The summed E-state index contributed by atoms with van der Waals surface area (Å²) in [6.45, 7) is 8.86. The molecule has 2 atom stereocenters. The number of amides is 1. The van der Waals surface area contributed by atoms with Crippen molar-refractivity contribution in [2.45, 2.75) is 52.6 Å². The number of aryl methyl sites for hydroxylation is 3. The molecule has 3 aromatic heterocycles. The summed E-state index contributed by atoms with van der Waals surface area (Å²) in [5.74, 6) is 0.854. The number of hydrogen-bond donors (Lipinski definition) is 2. The van der Waals surface area contributed by atoms with Gasteiger partial charge < -0.3 is 20.1 Å². The smallest absolute Gasteiger partial charge is 0.226 e. The fourth-order valence-corrected chi connectivity index (χ4v) is 5.78. The summed E-state index contributed by atoms with van der Waals surface area (Å²) in [6.07, 6.45) is 4.81. The molecule has 5 rings (SSSR count). The lowest BCUT2D eigenvalue weighted by molar-refractivity contribution is -0.116. The fourth-order valence-electron chi connectivity index (χ4n) is 5.45. The Morgan fingerprint density at radius 1 is 1.03 bits per heavy atom. The number of benzene rings is 1. The van der Waals surface area contributed by atoms with Gasteiger partial charge in [-0.25, -0.2) is 4.98 Å². The quantitative estimate of drug-likeness (QED) is 0.278. The molecule has 200 valence electrons. The van der Waals surface area contributed by atoms with E-state index in [1.54, 1.807) is 6.20 Å². The number of rotatable bonds is 8. The zero-order valence-electron chi connectivity index (χ0n) is 22.8. The maximum Gasteiger partial charge on any atom is 0.226 e. The third-order valence-electron chi connectivity index (χ3n) is 7.37. The van der Waals surface area contributed by atoms with Gasteiger partial charge in [0.2, 0.25) is 5.91 Å². The predicted octanol–water partition coefficient (Wildman–Crippen LogP) is 5.76. The zero-order chi connectivity index (χ0) is 27.5. The summed E-state index contributed by atoms with van der Waals surface area (Å²) < 4.78 is 2.19. The average Bonchev–Trinajstić information content (AvgIpc) is 3.42. The molecule has 0 radical (unpaired) electrons. The highest BCUT2D eigenvalue weighted by Crippen LogP contribution is 2.41. The monoisotopic (exact) mass is 538 g/mol. The minimum atomic E-state index is -0.151. The van der Waals surface area contributed by atoms with E-state index in [1.807, 2.05) is 54.7 Å². The van der Waals surface area contributed by atoms with Crippen molar-refractivity contribution in [2.24, 2.45) is 0 Å². The van der Waals surface area contributed by atoms with Gasteiger partial charge >= 0.3 is 0 Å². The Balaban J connectivity index is 1.47. The summed E-state index contributed by atoms with van der Waals surface area (Å²) >= 11 is 5.85. The van der Waals surface area contributed by atoms with E-state index in [2.05, 4.69) is 69.9 Å². The minimum Gasteiger partial charge on any atom is -0.352 e. The van der Waals surface area contributed by atoms with Crippen LogP contribution in [0.25, 0.3) is 5.82 Å². The van der Waals surface area contributed by atoms with Gasteiger partial charge in [0.15, 0.2) is 5.11 Å². The van der Waals surface area contributed by atoms with E-state index < -0.39 is 0 Å². The number of carbonyl (C=O) groups excluding carboxylic acids is 1. The lowest BCUT2D eigenvalue weighted by Crippen LogP contribution is -2.33. The number of hydrogen-bond acceptors (Lipinski definition) is 4. The second-order valence-electron chi connectivity index (χ2n) is 9.98. The van der Waals surface area contributed by atoms with Gasteiger partial charge in [-0.3, -0.25) is 9.78 Å². The highest BCUT2D eigenvalue weighted by atomic mass is 32.1. The van der Waals surface area contributed by atoms with Gasteiger partial charge in [-0.15, -0.1) is 0 Å². The van der Waals surface area contributed by atoms with E-state index in [0.717, 1.165) is 51.7 Å². The van der Waals surface area contributed by atoms with Crippen LogP contribution >= 0.6 is 12.2 Å². The third kappa shape index (κ3) is 5.43. The molecule has 1 fully saturated rings. The van der Waals surface area contributed by atoms with E-state index in [4.69, 9.17) is 12.2 Å². The molecule has 0 saturated carbocycles. The van der Waals surface area contributed by atoms with E-state index in [-0.39, 0.29) is 18.0 Å². The molecule has 1 amide bonds. The number of para-hydroxylation sites is 1. The fraction of sp³-hybridized carbons (Fsp3) is 0.290. The van der Waals surface area contributed by atoms with Gasteiger partial charge in [0.05, 0.1) is 17.8 Å². The second kappa shape index (κ2) is 11.4. The van der Waals surface area contributed by atoms with E-state index in [1.165, 1.54) is 0 Å². The van der Waals surface area contributed by atoms with Crippen molar-refractivity contribution in [2.75, 3.05) is 11.9 Å². The maximum atomic E-state index is 13.1. The van der Waals surface area contributed by atoms with Crippen LogP contribution in [0.1, 0.15) is 59.2 Å². The largest absolute Gasteiger partial charge is 0.352 e. The van der Waals surface area contributed by atoms with Gasteiger partial charge in [0.1, 0.15) is 5.82 Å². The maximum absolute atomic E-state index is 13.1. The van der Waals surface area contributed by atoms with Crippen molar-refractivity contribution in [3.8, 4) is 5.82 Å². The van der Waals surface area contributed by atoms with Gasteiger partial charge in [-0.05, 0) is 92.5 Å². The molecule has 1 aliphatic rings. The Hall–Kier alpha value is -4.04. The number of pyridine rings is 2. The number of aromatic nitrogens is 3. The summed E-state index contributed by atoms with van der Waals surface area (Å²) in [4.78, 5) is 24.5. The van der Waals surface area contributed by atoms with Crippen molar-refractivity contribution in [1.29, 1.82) is 0 Å². The number of nitrogens with one attached hydrogen (secondary N) is 2. The van der Waals surface area contributed by atoms with E-state index in [0.29, 0.717) is 18.1 Å². The number of nitrogens with zero attached hydrogens (tertiary/aromatic N) is 4. The van der Waals surface area contributed by atoms with Crippen LogP contribution in [0.2, 0.25) is 0 Å². The Kier molecular flexibility index (Phi) is 7.74. The van der Waals surface area contributed by atoms with Crippen LogP contribution in [0.4, 0.5) is 5.69 Å². The molecule has 4 heterocycles. The lowest BCUT2D eigenvalue weighted by Gasteiger charge is -2.28. The average molecular weight is 539 g/mol. The molecule has 0 bridgehead atoms. The Bertz CT molecular complexity index is 1500. The summed E-state index contributed by atoms with van der Waals surface area (Å²) in [7, 11) is 0. The van der Waals surface area contributed by atoms with E-state index in [9.17, 15) is 4.79 Å². The Labute approximate surface area is 235 Å². The molecule has 39 heavy (non-hydrogen) atoms. The zero-order valence-corrected chi connectivity index (χ0v) is 23.6. The standard InChI is InChI=1S/C31H34N6OS/c1-5-23-10-6-7-11-25(23)34-28(38)14-17-36-30(29(35-31(36)39)26-12-8-9-15-32-26)24-19-21(3)37(22(24)4)27-18-20(2)13-16-33-27/h6-13,15-16,18-19,29-30H,5,14,17H2,1-4H3,(H,34,38)(H,35,39). The molecule has 0 aliphatic carbocycles. The highest BCUT2D eigenvalue weighted by Gasteiger charge is 2.41. The van der Waals surface area contributed by atoms with Crippen molar-refractivity contribution in [3.63, 3.8) is 0 Å². The molecule has 1 saturated heterocycles. The minimum absolute atomic E-state index is 0.0341. The Morgan fingerprint density at radius 2 is 1.82 bits per heavy atom. The van der Waals surface area contributed by atoms with Crippen LogP contribution in [0.15, 0.2) is 73.1 Å². The molecule has 7 nitrogen and oxygen atoms in total. The first-order chi connectivity index (χ1) is 18.9. The number of anilines is 1. The van der Waals surface area contributed by atoms with Crippen LogP contribution in [-0.4, -0.2) is 37.0 Å². The van der Waals surface area contributed by atoms with Crippen LogP contribution < -0.4 is 10.6 Å². The number of carbonyl (C=O) groups is 1. The first-order valence-corrected chi connectivity index (χ1v) is 13.8. The van der Waals surface area contributed by atoms with E-state index >= 15 is 0 Å². The summed E-state index contributed by atoms with van der Waals surface area (Å²) in [5, 5.41) is 7.22. The van der Waals surface area contributed by atoms with Crippen molar-refractivity contribution >= 4 is 28.9 Å². The predicted molar refractivity (Wildman–Crippen MR) is 159 cm³/mol. The van der Waals surface area contributed by atoms with Gasteiger partial charge in [-0.1, -0.05) is 31.2 Å². The highest BCUT2D eigenvalue weighted by molar-refractivity contribution is 7.80. The van der Waals surface area contributed by atoms with Gasteiger partial charge in [0.25, 0.3) is 0 Å². The normalized spacial score (nSPS) is 16.8. The second-order valence-corrected chi connectivity index (χ2v) is 10.4. The first kappa shape index (κ1) is 26.6. The van der Waals surface area contributed by atoms with Crippen LogP contribution in [0.5, 0.6) is 0 Å². The summed E-state index contributed by atoms with van der Waals surface area (Å²) in [6, 6.07) is 19.9. The molecule has 1 aromatic carbocycles. The number of thiocarbonyl (C=S) groups is 1. The first-order valence-electron chi connectivity index (χ1n) is 13.3. The van der Waals surface area contributed by atoms with Gasteiger partial charge in [0, 0.05) is 42.4 Å². The van der Waals surface area contributed by atoms with Crippen LogP contribution in [0, 0.1) is 20.8 Å². The van der Waals surface area contributed by atoms with Crippen molar-refractivity contribution in [3.05, 3.63) is 107 Å². The molecular formula is C31H34N6OS. The van der Waals surface area contributed by atoms with Crippen molar-refractivity contribution < 1.29 is 4.79 Å². The Morgan fingerprint density at radius 3 is 2.56 bits per heavy atom. The van der Waals surface area contributed by atoms with Crippen LogP contribution in [-0.2, 0) is 11.2 Å². The lowest BCUT2D eigenvalue weighted by atomic mass is 9.96. The van der Waals surface area contributed by atoms with Gasteiger partial charge in [-0.2, -0.15) is 0 Å².